The second kappa shape index (κ2) is 9.24. The number of hydrogen-bond donors (Lipinski definition) is 5. The highest BCUT2D eigenvalue weighted by Gasteiger charge is 2.32. The molecule has 2 aliphatic rings. The molecule has 2 aliphatic heterocycles. The minimum Gasteiger partial charge on any atom is -0.504 e. The SMILES string of the molecule is CC(C(=NO)C(C)c1ccc2c(c1O)O[C@@H](CO)CO2)c1ccc2c(c1O)O[C@@H](CO)CO2. The van der Waals surface area contributed by atoms with Crippen molar-refractivity contribution in [3.05, 3.63) is 35.4 Å². The van der Waals surface area contributed by atoms with Crippen LogP contribution in [-0.2, 0) is 0 Å². The van der Waals surface area contributed by atoms with Crippen LogP contribution in [0.25, 0.3) is 0 Å². The number of aliphatic hydroxyl groups excluding tert-OH is 2. The summed E-state index contributed by atoms with van der Waals surface area (Å²) in [5.41, 5.74) is 1.12. The molecule has 0 fully saturated rings. The maximum Gasteiger partial charge on any atom is 0.204 e. The number of phenolic OH excluding ortho intramolecular Hbond substituents is 2. The predicted molar refractivity (Wildman–Crippen MR) is 116 cm³/mol. The van der Waals surface area contributed by atoms with Crippen LogP contribution in [0.4, 0.5) is 0 Å². The Labute approximate surface area is 190 Å². The predicted octanol–water partition coefficient (Wildman–Crippen LogP) is 2.10. The van der Waals surface area contributed by atoms with Crippen molar-refractivity contribution >= 4 is 5.71 Å². The van der Waals surface area contributed by atoms with Gasteiger partial charge in [-0.15, -0.1) is 0 Å². The van der Waals surface area contributed by atoms with E-state index in [-0.39, 0.29) is 55.1 Å². The zero-order valence-corrected chi connectivity index (χ0v) is 18.3. The topological polar surface area (TPSA) is 150 Å². The largest absolute Gasteiger partial charge is 0.504 e. The van der Waals surface area contributed by atoms with Crippen molar-refractivity contribution in [2.45, 2.75) is 37.9 Å². The van der Waals surface area contributed by atoms with Crippen LogP contribution in [0.15, 0.2) is 29.4 Å². The highest BCUT2D eigenvalue weighted by atomic mass is 16.6. The van der Waals surface area contributed by atoms with Crippen LogP contribution < -0.4 is 18.9 Å². The number of ether oxygens (including phenoxy) is 4. The lowest BCUT2D eigenvalue weighted by Gasteiger charge is -2.29. The Balaban J connectivity index is 1.65. The standard InChI is InChI=1S/C23H27NO9/c1-11(15-3-5-17-22(20(15)27)32-13(7-25)9-30-17)19(24-29)12(2)16-4-6-18-23(21(16)28)33-14(8-26)10-31-18/h3-6,11-14,25-29H,7-10H2,1-2H3/t11?,12?,13-,14-/m0/s1. The zero-order chi connectivity index (χ0) is 23.7. The number of aromatic hydroxyl groups is 2. The normalized spacial score (nSPS) is 20.6. The summed E-state index contributed by atoms with van der Waals surface area (Å²) in [6.45, 7) is 3.30. The van der Waals surface area contributed by atoms with E-state index in [9.17, 15) is 25.6 Å². The summed E-state index contributed by atoms with van der Waals surface area (Å²) in [5, 5.41) is 53.8. The molecule has 0 radical (unpaired) electrons. The number of nitrogens with zero attached hydrogens (tertiary/aromatic N) is 1. The summed E-state index contributed by atoms with van der Waals surface area (Å²) in [6, 6.07) is 6.58. The van der Waals surface area contributed by atoms with Crippen LogP contribution in [0.3, 0.4) is 0 Å². The van der Waals surface area contributed by atoms with Gasteiger partial charge < -0.3 is 44.6 Å². The molecule has 0 saturated heterocycles. The van der Waals surface area contributed by atoms with Gasteiger partial charge in [-0.3, -0.25) is 0 Å². The van der Waals surface area contributed by atoms with Crippen molar-refractivity contribution in [2.75, 3.05) is 26.4 Å². The molecule has 4 rings (SSSR count). The van der Waals surface area contributed by atoms with Crippen molar-refractivity contribution in [1.82, 2.24) is 0 Å². The van der Waals surface area contributed by atoms with Crippen LogP contribution in [0.5, 0.6) is 34.5 Å². The Kier molecular flexibility index (Phi) is 6.39. The Hall–Kier alpha value is -3.37. The minimum absolute atomic E-state index is 0.117. The Bertz CT molecular complexity index is 975. The van der Waals surface area contributed by atoms with Crippen LogP contribution in [0, 0.1) is 0 Å². The van der Waals surface area contributed by atoms with E-state index >= 15 is 0 Å². The third-order valence-electron chi connectivity index (χ3n) is 6.01. The maximum absolute atomic E-state index is 10.9. The lowest BCUT2D eigenvalue weighted by atomic mass is 9.84. The van der Waals surface area contributed by atoms with Crippen LogP contribution in [-0.4, -0.2) is 70.0 Å². The first-order valence-electron chi connectivity index (χ1n) is 10.6. The molecule has 10 heteroatoms. The van der Waals surface area contributed by atoms with Gasteiger partial charge in [0, 0.05) is 23.0 Å². The monoisotopic (exact) mass is 461 g/mol. The van der Waals surface area contributed by atoms with E-state index in [1.807, 2.05) is 0 Å². The van der Waals surface area contributed by atoms with Crippen molar-refractivity contribution < 1.29 is 44.6 Å². The van der Waals surface area contributed by atoms with E-state index < -0.39 is 24.0 Å². The number of benzene rings is 2. The molecule has 0 bridgehead atoms. The Morgan fingerprint density at radius 1 is 0.848 bits per heavy atom. The molecule has 33 heavy (non-hydrogen) atoms. The van der Waals surface area contributed by atoms with Crippen LogP contribution in [0.2, 0.25) is 0 Å². The van der Waals surface area contributed by atoms with E-state index in [1.54, 1.807) is 38.1 Å². The quantitative estimate of drug-likeness (QED) is 0.247. The molecule has 10 nitrogen and oxygen atoms in total. The minimum atomic E-state index is -0.601. The highest BCUT2D eigenvalue weighted by molar-refractivity contribution is 5.97. The Morgan fingerprint density at radius 3 is 1.64 bits per heavy atom. The van der Waals surface area contributed by atoms with Gasteiger partial charge in [0.05, 0.1) is 18.9 Å². The molecule has 2 aromatic rings. The van der Waals surface area contributed by atoms with Gasteiger partial charge >= 0.3 is 0 Å². The second-order valence-electron chi connectivity index (χ2n) is 8.10. The fourth-order valence-electron chi connectivity index (χ4n) is 4.10. The summed E-state index contributed by atoms with van der Waals surface area (Å²) in [4.78, 5) is 0. The molecule has 178 valence electrons. The van der Waals surface area contributed by atoms with Gasteiger partial charge in [0.2, 0.25) is 11.5 Å². The lowest BCUT2D eigenvalue weighted by Crippen LogP contribution is -2.32. The van der Waals surface area contributed by atoms with Crippen LogP contribution in [0.1, 0.15) is 36.8 Å². The van der Waals surface area contributed by atoms with Gasteiger partial charge in [-0.2, -0.15) is 0 Å². The summed E-state index contributed by atoms with van der Waals surface area (Å²) >= 11 is 0. The molecule has 5 N–H and O–H groups in total. The van der Waals surface area contributed by atoms with Gasteiger partial charge in [-0.25, -0.2) is 0 Å². The average Bonchev–Trinajstić information content (AvgIpc) is 2.84. The van der Waals surface area contributed by atoms with Crippen LogP contribution >= 0.6 is 0 Å². The number of aliphatic hydroxyl groups is 2. The summed E-state index contributed by atoms with van der Waals surface area (Å²) < 4.78 is 22.4. The first-order chi connectivity index (χ1) is 15.9. The Morgan fingerprint density at radius 2 is 1.27 bits per heavy atom. The number of oxime groups is 1. The average molecular weight is 461 g/mol. The van der Waals surface area contributed by atoms with Gasteiger partial charge in [-0.1, -0.05) is 31.1 Å². The smallest absolute Gasteiger partial charge is 0.204 e. The molecule has 0 saturated carbocycles. The molecule has 2 heterocycles. The molecular formula is C23H27NO9. The fourth-order valence-corrected chi connectivity index (χ4v) is 4.10. The van der Waals surface area contributed by atoms with Gasteiger partial charge in [0.15, 0.2) is 35.2 Å². The number of hydrogen-bond acceptors (Lipinski definition) is 10. The molecule has 0 spiro atoms. The molecule has 0 amide bonds. The van der Waals surface area contributed by atoms with Crippen molar-refractivity contribution in [2.24, 2.45) is 5.16 Å². The molecule has 4 atom stereocenters. The summed E-state index contributed by atoms with van der Waals surface area (Å²) in [5.74, 6) is -0.568. The number of phenols is 2. The third-order valence-corrected chi connectivity index (χ3v) is 6.01. The van der Waals surface area contributed by atoms with E-state index in [2.05, 4.69) is 5.16 Å². The van der Waals surface area contributed by atoms with Gasteiger partial charge in [0.25, 0.3) is 0 Å². The van der Waals surface area contributed by atoms with Gasteiger partial charge in [-0.05, 0) is 12.1 Å². The van der Waals surface area contributed by atoms with Gasteiger partial charge in [0.1, 0.15) is 13.2 Å². The van der Waals surface area contributed by atoms with E-state index in [0.717, 1.165) is 0 Å². The van der Waals surface area contributed by atoms with Crippen molar-refractivity contribution in [1.29, 1.82) is 0 Å². The number of rotatable bonds is 6. The molecular weight excluding hydrogens is 434 g/mol. The first-order valence-corrected chi connectivity index (χ1v) is 10.6. The van der Waals surface area contributed by atoms with Crippen molar-refractivity contribution in [3.63, 3.8) is 0 Å². The summed E-state index contributed by atoms with van der Waals surface area (Å²) in [7, 11) is 0. The zero-order valence-electron chi connectivity index (χ0n) is 18.3. The molecule has 0 aromatic heterocycles. The van der Waals surface area contributed by atoms with Crippen molar-refractivity contribution in [3.8, 4) is 34.5 Å². The maximum atomic E-state index is 10.9. The summed E-state index contributed by atoms with van der Waals surface area (Å²) in [6.07, 6.45) is -1.20. The molecule has 2 aromatic carbocycles. The third kappa shape index (κ3) is 4.07. The lowest BCUT2D eigenvalue weighted by molar-refractivity contribution is 0.0429. The van der Waals surface area contributed by atoms with E-state index in [0.29, 0.717) is 22.6 Å². The second-order valence-corrected chi connectivity index (χ2v) is 8.10. The number of fused-ring (bicyclic) bond motifs is 2. The van der Waals surface area contributed by atoms with E-state index in [4.69, 9.17) is 18.9 Å². The van der Waals surface area contributed by atoms with E-state index in [1.165, 1.54) is 0 Å². The molecule has 2 unspecified atom stereocenters. The molecule has 0 aliphatic carbocycles. The first kappa shape index (κ1) is 22.8. The highest BCUT2D eigenvalue weighted by Crippen LogP contribution is 2.48. The fraction of sp³-hybridized carbons (Fsp3) is 0.435.